The van der Waals surface area contributed by atoms with Gasteiger partial charge in [-0.1, -0.05) is 5.16 Å². The summed E-state index contributed by atoms with van der Waals surface area (Å²) < 4.78 is 33.6. The van der Waals surface area contributed by atoms with Crippen molar-refractivity contribution < 1.29 is 13.3 Å². The first-order chi connectivity index (χ1) is 11.0. The van der Waals surface area contributed by atoms with E-state index in [9.17, 15) is 8.78 Å². The second-order valence-electron chi connectivity index (χ2n) is 5.52. The van der Waals surface area contributed by atoms with E-state index in [2.05, 4.69) is 10.1 Å². The lowest BCUT2D eigenvalue weighted by atomic mass is 10.1. The van der Waals surface area contributed by atoms with Crippen LogP contribution in [0.4, 0.5) is 14.5 Å². The van der Waals surface area contributed by atoms with Crippen molar-refractivity contribution in [2.45, 2.75) is 13.0 Å². The predicted octanol–water partition coefficient (Wildman–Crippen LogP) is 2.02. The van der Waals surface area contributed by atoms with E-state index >= 15 is 0 Å². The average Bonchev–Trinajstić information content (AvgIpc) is 2.94. The van der Waals surface area contributed by atoms with Crippen molar-refractivity contribution >= 4 is 5.69 Å². The minimum Gasteiger partial charge on any atom is -0.363 e. The number of piperazine rings is 1. The van der Waals surface area contributed by atoms with E-state index in [1.54, 1.807) is 17.9 Å². The van der Waals surface area contributed by atoms with Gasteiger partial charge in [0.25, 0.3) is 0 Å². The molecule has 0 N–H and O–H groups in total. The van der Waals surface area contributed by atoms with Gasteiger partial charge in [-0.25, -0.2) is 8.78 Å². The van der Waals surface area contributed by atoms with Gasteiger partial charge in [0, 0.05) is 19.6 Å². The van der Waals surface area contributed by atoms with Crippen molar-refractivity contribution in [1.82, 2.24) is 15.0 Å². The molecule has 1 aromatic heterocycles. The van der Waals surface area contributed by atoms with Crippen molar-refractivity contribution in [1.29, 1.82) is 5.26 Å². The van der Waals surface area contributed by atoms with Crippen LogP contribution in [-0.2, 0) is 0 Å². The number of rotatable bonds is 2. The molecule has 0 spiro atoms. The van der Waals surface area contributed by atoms with Crippen LogP contribution in [0, 0.1) is 29.9 Å². The molecule has 0 radical (unpaired) electrons. The van der Waals surface area contributed by atoms with Gasteiger partial charge in [-0.05, 0) is 26.1 Å². The summed E-state index contributed by atoms with van der Waals surface area (Å²) in [6, 6.07) is 3.58. The zero-order chi connectivity index (χ0) is 16.6. The lowest BCUT2D eigenvalue weighted by Gasteiger charge is -2.39. The van der Waals surface area contributed by atoms with Crippen LogP contribution in [0.1, 0.15) is 23.3 Å². The number of likely N-dealkylation sites (N-methyl/N-ethyl adjacent to an activating group) is 1. The fourth-order valence-electron chi connectivity index (χ4n) is 2.72. The van der Waals surface area contributed by atoms with Crippen molar-refractivity contribution in [3.8, 4) is 6.07 Å². The van der Waals surface area contributed by atoms with Crippen LogP contribution in [0.5, 0.6) is 0 Å². The van der Waals surface area contributed by atoms with Crippen molar-refractivity contribution in [2.75, 3.05) is 31.6 Å². The molecule has 2 aromatic rings. The molecular formula is C15H15F2N5O. The van der Waals surface area contributed by atoms with Gasteiger partial charge in [0.15, 0.2) is 17.5 Å². The van der Waals surface area contributed by atoms with Gasteiger partial charge >= 0.3 is 0 Å². The Balaban J connectivity index is 1.91. The Labute approximate surface area is 131 Å². The Morgan fingerprint density at radius 2 is 2.00 bits per heavy atom. The highest BCUT2D eigenvalue weighted by atomic mass is 19.1. The minimum atomic E-state index is -0.744. The quantitative estimate of drug-likeness (QED) is 0.843. The largest absolute Gasteiger partial charge is 0.363 e. The van der Waals surface area contributed by atoms with Crippen molar-refractivity contribution in [2.24, 2.45) is 0 Å². The molecule has 1 aliphatic heterocycles. The van der Waals surface area contributed by atoms with Gasteiger partial charge in [-0.2, -0.15) is 10.2 Å². The highest BCUT2D eigenvalue weighted by Gasteiger charge is 2.32. The summed E-state index contributed by atoms with van der Waals surface area (Å²) in [5.41, 5.74) is -0.166. The summed E-state index contributed by atoms with van der Waals surface area (Å²) in [5.74, 6) is -0.552. The first kappa shape index (κ1) is 15.4. The Bertz CT molecular complexity index is 746. The molecule has 0 bridgehead atoms. The van der Waals surface area contributed by atoms with Crippen LogP contribution in [0.15, 0.2) is 16.7 Å². The predicted molar refractivity (Wildman–Crippen MR) is 77.7 cm³/mol. The molecule has 1 atom stereocenters. The number of hydrogen-bond donors (Lipinski definition) is 0. The van der Waals surface area contributed by atoms with Gasteiger partial charge in [0.2, 0.25) is 5.89 Å². The third-order valence-electron chi connectivity index (χ3n) is 3.94. The maximum absolute atomic E-state index is 14.2. The molecular weight excluding hydrogens is 304 g/mol. The summed E-state index contributed by atoms with van der Waals surface area (Å²) in [5, 5.41) is 12.6. The molecule has 8 heteroatoms. The second-order valence-corrected chi connectivity index (χ2v) is 5.52. The minimum absolute atomic E-state index is 0.0399. The van der Waals surface area contributed by atoms with Crippen LogP contribution in [0.3, 0.4) is 0 Å². The number of halogens is 2. The highest BCUT2D eigenvalue weighted by Crippen LogP contribution is 2.30. The third kappa shape index (κ3) is 2.87. The number of anilines is 1. The molecule has 120 valence electrons. The standard InChI is InChI=1S/C15H15F2N5O/c1-9-19-15(23-20-9)13-8-22(4-3-21(13)2)14-11(16)5-10(7-18)6-12(14)17/h5-6,13H,3-4,8H2,1-2H3. The monoisotopic (exact) mass is 319 g/mol. The third-order valence-corrected chi connectivity index (χ3v) is 3.94. The summed E-state index contributed by atoms with van der Waals surface area (Å²) >= 11 is 0. The second kappa shape index (κ2) is 5.93. The topological polar surface area (TPSA) is 69.2 Å². The molecule has 1 unspecified atom stereocenters. The number of nitrogens with zero attached hydrogens (tertiary/aromatic N) is 5. The van der Waals surface area contributed by atoms with Crippen LogP contribution >= 0.6 is 0 Å². The molecule has 0 aliphatic carbocycles. The Morgan fingerprint density at radius 1 is 1.30 bits per heavy atom. The van der Waals surface area contributed by atoms with Crippen molar-refractivity contribution in [3.63, 3.8) is 0 Å². The van der Waals surface area contributed by atoms with Gasteiger partial charge in [-0.3, -0.25) is 4.90 Å². The number of benzene rings is 1. The zero-order valence-electron chi connectivity index (χ0n) is 12.8. The number of aryl methyl sites for hydroxylation is 1. The summed E-state index contributed by atoms with van der Waals surface area (Å²) in [6.07, 6.45) is 0. The Morgan fingerprint density at radius 3 is 2.57 bits per heavy atom. The molecule has 1 saturated heterocycles. The normalized spacial score (nSPS) is 18.9. The summed E-state index contributed by atoms with van der Waals surface area (Å²) in [6.45, 7) is 3.08. The van der Waals surface area contributed by atoms with E-state index in [1.807, 2.05) is 11.9 Å². The maximum Gasteiger partial charge on any atom is 0.245 e. The molecule has 1 aliphatic rings. The molecule has 1 fully saturated rings. The maximum atomic E-state index is 14.2. The molecule has 0 saturated carbocycles. The van der Waals surface area contributed by atoms with Crippen LogP contribution in [0.2, 0.25) is 0 Å². The molecule has 1 aromatic carbocycles. The molecule has 23 heavy (non-hydrogen) atoms. The van der Waals surface area contributed by atoms with Gasteiger partial charge in [0.05, 0.1) is 11.6 Å². The SMILES string of the molecule is Cc1noc(C2CN(c3c(F)cc(C#N)cc3F)CCN2C)n1. The van der Waals surface area contributed by atoms with E-state index in [1.165, 1.54) is 0 Å². The fourth-order valence-corrected chi connectivity index (χ4v) is 2.72. The Kier molecular flexibility index (Phi) is 3.96. The van der Waals surface area contributed by atoms with E-state index in [4.69, 9.17) is 9.78 Å². The van der Waals surface area contributed by atoms with E-state index in [0.29, 0.717) is 31.3 Å². The summed E-state index contributed by atoms with van der Waals surface area (Å²) in [7, 11) is 1.90. The van der Waals surface area contributed by atoms with Crippen molar-refractivity contribution in [3.05, 3.63) is 41.0 Å². The molecule has 0 amide bonds. The molecule has 6 nitrogen and oxygen atoms in total. The molecule has 2 heterocycles. The summed E-state index contributed by atoms with van der Waals surface area (Å²) in [4.78, 5) is 7.82. The first-order valence-corrected chi connectivity index (χ1v) is 7.14. The lowest BCUT2D eigenvalue weighted by molar-refractivity contribution is 0.177. The van der Waals surface area contributed by atoms with Gasteiger partial charge in [-0.15, -0.1) is 0 Å². The van der Waals surface area contributed by atoms with Crippen LogP contribution in [0.25, 0.3) is 0 Å². The van der Waals surface area contributed by atoms with Gasteiger partial charge < -0.3 is 9.42 Å². The van der Waals surface area contributed by atoms with Gasteiger partial charge in [0.1, 0.15) is 11.7 Å². The van der Waals surface area contributed by atoms with E-state index in [-0.39, 0.29) is 17.3 Å². The average molecular weight is 319 g/mol. The highest BCUT2D eigenvalue weighted by molar-refractivity contribution is 5.53. The van der Waals surface area contributed by atoms with E-state index in [0.717, 1.165) is 12.1 Å². The van der Waals surface area contributed by atoms with E-state index < -0.39 is 11.6 Å². The number of aromatic nitrogens is 2. The first-order valence-electron chi connectivity index (χ1n) is 7.14. The van der Waals surface area contributed by atoms with Crippen LogP contribution in [-0.4, -0.2) is 41.7 Å². The fraction of sp³-hybridized carbons (Fsp3) is 0.400. The zero-order valence-corrected chi connectivity index (χ0v) is 12.8. The number of hydrogen-bond acceptors (Lipinski definition) is 6. The lowest BCUT2D eigenvalue weighted by Crippen LogP contribution is -2.47. The Hall–Kier alpha value is -2.53. The van der Waals surface area contributed by atoms with Crippen LogP contribution < -0.4 is 4.90 Å². The number of nitriles is 1. The molecule has 3 rings (SSSR count). The smallest absolute Gasteiger partial charge is 0.245 e.